The van der Waals surface area contributed by atoms with Gasteiger partial charge in [0.2, 0.25) is 5.91 Å². The maximum Gasteiger partial charge on any atom is 0.272 e. The number of nitrogens with one attached hydrogen (secondary N) is 1. The predicted octanol–water partition coefficient (Wildman–Crippen LogP) is 2.39. The second-order valence-electron chi connectivity index (χ2n) is 5.36. The average molecular weight is 332 g/mol. The molecule has 0 unspecified atom stereocenters. The van der Waals surface area contributed by atoms with Crippen molar-refractivity contribution in [2.24, 2.45) is 0 Å². The van der Waals surface area contributed by atoms with Crippen LogP contribution in [0.1, 0.15) is 22.3 Å². The van der Waals surface area contributed by atoms with Gasteiger partial charge in [-0.25, -0.2) is 4.39 Å². The lowest BCUT2D eigenvalue weighted by atomic mass is 10.0. The molecule has 2 aromatic rings. The van der Waals surface area contributed by atoms with Crippen LogP contribution in [0.25, 0.3) is 0 Å². The van der Waals surface area contributed by atoms with Crippen molar-refractivity contribution in [2.45, 2.75) is 26.5 Å². The Morgan fingerprint density at radius 3 is 2.71 bits per heavy atom. The Hall–Kier alpha value is -2.80. The third-order valence-electron chi connectivity index (χ3n) is 3.74. The van der Waals surface area contributed by atoms with E-state index >= 15 is 0 Å². The van der Waals surface area contributed by atoms with Gasteiger partial charge in [-0.1, -0.05) is 18.2 Å². The first-order valence-corrected chi connectivity index (χ1v) is 7.30. The van der Waals surface area contributed by atoms with Crippen molar-refractivity contribution in [1.29, 1.82) is 0 Å². The molecule has 6 nitrogen and oxygen atoms in total. The highest BCUT2D eigenvalue weighted by Crippen LogP contribution is 2.21. The molecule has 2 N–H and O–H groups in total. The normalized spacial score (nSPS) is 10.5. The number of benzene rings is 2. The van der Waals surface area contributed by atoms with Crippen molar-refractivity contribution in [2.75, 3.05) is 0 Å². The first kappa shape index (κ1) is 17.6. The van der Waals surface area contributed by atoms with E-state index in [0.29, 0.717) is 16.7 Å². The SMILES string of the molecule is Cc1c(CC(=O)NCc2ccc(F)c(CO)c2)cccc1[N+](=O)[O-]. The van der Waals surface area contributed by atoms with E-state index in [1.807, 2.05) is 0 Å². The Labute approximate surface area is 138 Å². The number of nitro groups is 1. The summed E-state index contributed by atoms with van der Waals surface area (Å²) < 4.78 is 13.3. The van der Waals surface area contributed by atoms with Crippen LogP contribution in [0.5, 0.6) is 0 Å². The molecule has 0 saturated carbocycles. The molecule has 2 rings (SSSR count). The fourth-order valence-corrected chi connectivity index (χ4v) is 2.35. The Morgan fingerprint density at radius 1 is 1.29 bits per heavy atom. The highest BCUT2D eigenvalue weighted by Gasteiger charge is 2.15. The van der Waals surface area contributed by atoms with Gasteiger partial charge in [0.15, 0.2) is 0 Å². The van der Waals surface area contributed by atoms with Crippen molar-refractivity contribution in [3.8, 4) is 0 Å². The number of rotatable bonds is 6. The molecule has 0 saturated heterocycles. The smallest absolute Gasteiger partial charge is 0.272 e. The number of aliphatic hydroxyl groups is 1. The minimum absolute atomic E-state index is 0.0154. The molecule has 0 radical (unpaired) electrons. The summed E-state index contributed by atoms with van der Waals surface area (Å²) in [6.07, 6.45) is 0.0154. The van der Waals surface area contributed by atoms with Gasteiger partial charge >= 0.3 is 0 Å². The minimum atomic E-state index is -0.500. The van der Waals surface area contributed by atoms with Crippen molar-refractivity contribution in [1.82, 2.24) is 5.32 Å². The number of halogens is 1. The maximum atomic E-state index is 13.3. The van der Waals surface area contributed by atoms with E-state index in [9.17, 15) is 19.3 Å². The molecule has 0 bridgehead atoms. The summed E-state index contributed by atoms with van der Waals surface area (Å²) in [5.41, 5.74) is 1.84. The molecule has 0 aliphatic rings. The number of carbonyl (C=O) groups excluding carboxylic acids is 1. The van der Waals surface area contributed by atoms with E-state index in [4.69, 9.17) is 5.11 Å². The molecule has 0 fully saturated rings. The van der Waals surface area contributed by atoms with Gasteiger partial charge < -0.3 is 10.4 Å². The monoisotopic (exact) mass is 332 g/mol. The molecule has 0 aromatic heterocycles. The second-order valence-corrected chi connectivity index (χ2v) is 5.36. The maximum absolute atomic E-state index is 13.3. The predicted molar refractivity (Wildman–Crippen MR) is 85.7 cm³/mol. The molecule has 24 heavy (non-hydrogen) atoms. The molecule has 0 atom stereocenters. The summed E-state index contributed by atoms with van der Waals surface area (Å²) in [5, 5.41) is 22.6. The van der Waals surface area contributed by atoms with Gasteiger partial charge in [0.1, 0.15) is 5.82 Å². The minimum Gasteiger partial charge on any atom is -0.392 e. The van der Waals surface area contributed by atoms with Crippen LogP contribution < -0.4 is 5.32 Å². The summed E-state index contributed by atoms with van der Waals surface area (Å²) >= 11 is 0. The van der Waals surface area contributed by atoms with Crippen LogP contribution in [-0.2, 0) is 24.4 Å². The number of hydrogen-bond acceptors (Lipinski definition) is 4. The molecular weight excluding hydrogens is 315 g/mol. The lowest BCUT2D eigenvalue weighted by Crippen LogP contribution is -2.25. The lowest BCUT2D eigenvalue weighted by Gasteiger charge is -2.09. The van der Waals surface area contributed by atoms with Crippen LogP contribution in [0.2, 0.25) is 0 Å². The molecule has 7 heteroatoms. The van der Waals surface area contributed by atoms with Crippen molar-refractivity contribution in [3.63, 3.8) is 0 Å². The number of aliphatic hydroxyl groups excluding tert-OH is 1. The van der Waals surface area contributed by atoms with E-state index in [1.54, 1.807) is 19.1 Å². The van der Waals surface area contributed by atoms with E-state index in [0.717, 1.165) is 0 Å². The van der Waals surface area contributed by atoms with Crippen LogP contribution in [0.3, 0.4) is 0 Å². The number of nitro benzene ring substituents is 1. The average Bonchev–Trinajstić information content (AvgIpc) is 2.55. The zero-order chi connectivity index (χ0) is 17.7. The van der Waals surface area contributed by atoms with Gasteiger partial charge in [0, 0.05) is 23.7 Å². The zero-order valence-electron chi connectivity index (χ0n) is 13.1. The van der Waals surface area contributed by atoms with Crippen LogP contribution in [0, 0.1) is 22.9 Å². The molecule has 0 heterocycles. The van der Waals surface area contributed by atoms with Gasteiger partial charge in [-0.3, -0.25) is 14.9 Å². The van der Waals surface area contributed by atoms with E-state index < -0.39 is 17.3 Å². The van der Waals surface area contributed by atoms with Gasteiger partial charge in [-0.15, -0.1) is 0 Å². The number of hydrogen-bond donors (Lipinski definition) is 2. The summed E-state index contributed by atoms with van der Waals surface area (Å²) in [5.74, 6) is -0.798. The topological polar surface area (TPSA) is 92.5 Å². The molecule has 1 amide bonds. The quantitative estimate of drug-likeness (QED) is 0.627. The molecular formula is C17H17FN2O4. The second kappa shape index (κ2) is 7.65. The van der Waals surface area contributed by atoms with Crippen LogP contribution >= 0.6 is 0 Å². The van der Waals surface area contributed by atoms with E-state index in [1.165, 1.54) is 24.3 Å². The molecule has 2 aromatic carbocycles. The van der Waals surface area contributed by atoms with Crippen molar-refractivity contribution >= 4 is 11.6 Å². The zero-order valence-corrected chi connectivity index (χ0v) is 13.1. The summed E-state index contributed by atoms with van der Waals surface area (Å²) in [6, 6.07) is 8.84. The van der Waals surface area contributed by atoms with E-state index in [-0.39, 0.29) is 30.1 Å². The van der Waals surface area contributed by atoms with Crippen molar-refractivity contribution in [3.05, 3.63) is 74.6 Å². The van der Waals surface area contributed by atoms with Crippen LogP contribution in [0.4, 0.5) is 10.1 Å². The lowest BCUT2D eigenvalue weighted by molar-refractivity contribution is -0.385. The van der Waals surface area contributed by atoms with Crippen molar-refractivity contribution < 1.29 is 19.2 Å². The van der Waals surface area contributed by atoms with Gasteiger partial charge in [0.25, 0.3) is 5.69 Å². The van der Waals surface area contributed by atoms with Crippen LogP contribution in [0.15, 0.2) is 36.4 Å². The number of amides is 1. The van der Waals surface area contributed by atoms with E-state index in [2.05, 4.69) is 5.32 Å². The van der Waals surface area contributed by atoms with Gasteiger partial charge in [0.05, 0.1) is 18.0 Å². The summed E-state index contributed by atoms with van der Waals surface area (Å²) in [7, 11) is 0. The third-order valence-corrected chi connectivity index (χ3v) is 3.74. The molecule has 0 spiro atoms. The fraction of sp³-hybridized carbons (Fsp3) is 0.235. The Morgan fingerprint density at radius 2 is 2.04 bits per heavy atom. The first-order chi connectivity index (χ1) is 11.4. The molecule has 0 aliphatic carbocycles. The molecule has 126 valence electrons. The highest BCUT2D eigenvalue weighted by atomic mass is 19.1. The van der Waals surface area contributed by atoms with Gasteiger partial charge in [-0.2, -0.15) is 0 Å². The Balaban J connectivity index is 2.02. The third kappa shape index (κ3) is 4.14. The van der Waals surface area contributed by atoms with Crippen LogP contribution in [-0.4, -0.2) is 15.9 Å². The Bertz CT molecular complexity index is 777. The first-order valence-electron chi connectivity index (χ1n) is 7.30. The highest BCUT2D eigenvalue weighted by molar-refractivity contribution is 5.79. The standard InChI is InChI=1S/C17H17FN2O4/c1-11-13(3-2-4-16(11)20(23)24)8-17(22)19-9-12-5-6-15(18)14(7-12)10-21/h2-7,21H,8-10H2,1H3,(H,19,22). The largest absolute Gasteiger partial charge is 0.392 e. The number of nitrogens with zero attached hydrogens (tertiary/aromatic N) is 1. The Kier molecular flexibility index (Phi) is 5.59. The summed E-state index contributed by atoms with van der Waals surface area (Å²) in [4.78, 5) is 22.5. The van der Waals surface area contributed by atoms with Gasteiger partial charge in [-0.05, 0) is 30.2 Å². The fourth-order valence-electron chi connectivity index (χ4n) is 2.35. The number of carbonyl (C=O) groups is 1. The summed E-state index contributed by atoms with van der Waals surface area (Å²) in [6.45, 7) is 1.37. The molecule has 0 aliphatic heterocycles.